The number of thiophene rings is 1. The average molecular weight is 328 g/mol. The maximum absolute atomic E-state index is 13.5. The summed E-state index contributed by atoms with van der Waals surface area (Å²) < 4.78 is 14.7. The molecule has 5 heteroatoms. The molecule has 0 saturated heterocycles. The molecule has 0 saturated carbocycles. The standard InChI is InChI=1S/C18H17FN2OS/c19-16-7-3-1-5-13(16)9-10-20-18(22)21-11-14-12-23-17-8-4-2-6-15(14)17/h1-8,12H,9-11H2,(H2,20,21,22). The Morgan fingerprint density at radius 1 is 1.00 bits per heavy atom. The average Bonchev–Trinajstić information content (AvgIpc) is 2.98. The lowest BCUT2D eigenvalue weighted by molar-refractivity contribution is 0.240. The van der Waals surface area contributed by atoms with Gasteiger partial charge in [-0.25, -0.2) is 9.18 Å². The summed E-state index contributed by atoms with van der Waals surface area (Å²) in [4.78, 5) is 11.8. The van der Waals surface area contributed by atoms with Gasteiger partial charge in [-0.3, -0.25) is 0 Å². The van der Waals surface area contributed by atoms with Crippen molar-refractivity contribution in [2.75, 3.05) is 6.54 Å². The van der Waals surface area contributed by atoms with Crippen molar-refractivity contribution in [3.63, 3.8) is 0 Å². The molecule has 2 N–H and O–H groups in total. The van der Waals surface area contributed by atoms with Crippen LogP contribution < -0.4 is 10.6 Å². The van der Waals surface area contributed by atoms with Gasteiger partial charge in [-0.15, -0.1) is 11.3 Å². The van der Waals surface area contributed by atoms with Gasteiger partial charge in [0.1, 0.15) is 5.82 Å². The lowest BCUT2D eigenvalue weighted by atomic mass is 10.1. The summed E-state index contributed by atoms with van der Waals surface area (Å²) in [5.74, 6) is -0.237. The number of benzene rings is 2. The first-order valence-electron chi connectivity index (χ1n) is 7.44. The van der Waals surface area contributed by atoms with E-state index in [1.807, 2.05) is 12.1 Å². The molecule has 0 aliphatic carbocycles. The van der Waals surface area contributed by atoms with Gasteiger partial charge in [-0.05, 0) is 40.4 Å². The zero-order valence-corrected chi connectivity index (χ0v) is 13.3. The number of rotatable bonds is 5. The van der Waals surface area contributed by atoms with Crippen molar-refractivity contribution in [2.45, 2.75) is 13.0 Å². The number of carbonyl (C=O) groups excluding carboxylic acids is 1. The molecule has 0 radical (unpaired) electrons. The lowest BCUT2D eigenvalue weighted by Gasteiger charge is -2.08. The number of amides is 2. The highest BCUT2D eigenvalue weighted by molar-refractivity contribution is 7.17. The molecule has 3 aromatic rings. The summed E-state index contributed by atoms with van der Waals surface area (Å²) in [6.45, 7) is 0.882. The largest absolute Gasteiger partial charge is 0.338 e. The van der Waals surface area contributed by atoms with Crippen LogP contribution in [0.4, 0.5) is 9.18 Å². The Kier molecular flexibility index (Phi) is 4.88. The summed E-state index contributed by atoms with van der Waals surface area (Å²) in [5.41, 5.74) is 1.71. The molecule has 2 aromatic carbocycles. The van der Waals surface area contributed by atoms with Gasteiger partial charge in [-0.1, -0.05) is 36.4 Å². The van der Waals surface area contributed by atoms with Gasteiger partial charge in [0.05, 0.1) is 0 Å². The molecule has 0 atom stereocenters. The van der Waals surface area contributed by atoms with Crippen LogP contribution in [0.3, 0.4) is 0 Å². The van der Waals surface area contributed by atoms with E-state index in [1.165, 1.54) is 16.2 Å². The van der Waals surface area contributed by atoms with Crippen molar-refractivity contribution in [1.29, 1.82) is 0 Å². The second kappa shape index (κ2) is 7.24. The second-order valence-corrected chi connectivity index (χ2v) is 6.12. The van der Waals surface area contributed by atoms with E-state index in [-0.39, 0.29) is 11.8 Å². The highest BCUT2D eigenvalue weighted by Crippen LogP contribution is 2.25. The first-order valence-corrected chi connectivity index (χ1v) is 8.32. The molecule has 0 fully saturated rings. The summed E-state index contributed by atoms with van der Waals surface area (Å²) >= 11 is 1.67. The molecule has 0 unspecified atom stereocenters. The van der Waals surface area contributed by atoms with Crippen molar-refractivity contribution in [3.05, 3.63) is 70.9 Å². The molecule has 1 aromatic heterocycles. The topological polar surface area (TPSA) is 41.1 Å². The molecule has 1 heterocycles. The monoisotopic (exact) mass is 328 g/mol. The molecule has 0 aliphatic rings. The molecule has 3 nitrogen and oxygen atoms in total. The first-order chi connectivity index (χ1) is 11.2. The van der Waals surface area contributed by atoms with Crippen molar-refractivity contribution < 1.29 is 9.18 Å². The van der Waals surface area contributed by atoms with Crippen LogP contribution in [0, 0.1) is 5.82 Å². The fourth-order valence-electron chi connectivity index (χ4n) is 2.42. The number of urea groups is 1. The molecule has 0 bridgehead atoms. The maximum atomic E-state index is 13.5. The van der Waals surface area contributed by atoms with Crippen LogP contribution in [0.25, 0.3) is 10.1 Å². The summed E-state index contributed by atoms with van der Waals surface area (Å²) in [5, 5.41) is 8.83. The zero-order valence-electron chi connectivity index (χ0n) is 12.5. The van der Waals surface area contributed by atoms with Crippen molar-refractivity contribution in [1.82, 2.24) is 10.6 Å². The van der Waals surface area contributed by atoms with E-state index >= 15 is 0 Å². The van der Waals surface area contributed by atoms with Crippen LogP contribution in [-0.2, 0) is 13.0 Å². The Labute approximate surface area is 138 Å². The first kappa shape index (κ1) is 15.5. The molecule has 0 aliphatic heterocycles. The number of nitrogens with one attached hydrogen (secondary N) is 2. The van der Waals surface area contributed by atoms with Gasteiger partial charge in [-0.2, -0.15) is 0 Å². The van der Waals surface area contributed by atoms with Gasteiger partial charge in [0, 0.05) is 17.8 Å². The minimum Gasteiger partial charge on any atom is -0.338 e. The molecular weight excluding hydrogens is 311 g/mol. The molecule has 0 spiro atoms. The Morgan fingerprint density at radius 2 is 1.78 bits per heavy atom. The SMILES string of the molecule is O=C(NCCc1ccccc1F)NCc1csc2ccccc12. The molecule has 118 valence electrons. The van der Waals surface area contributed by atoms with E-state index in [2.05, 4.69) is 28.1 Å². The fourth-order valence-corrected chi connectivity index (χ4v) is 3.38. The predicted molar refractivity (Wildman–Crippen MR) is 92.2 cm³/mol. The highest BCUT2D eigenvalue weighted by Gasteiger charge is 2.06. The van der Waals surface area contributed by atoms with Crippen molar-refractivity contribution in [3.8, 4) is 0 Å². The normalized spacial score (nSPS) is 10.7. The van der Waals surface area contributed by atoms with E-state index in [4.69, 9.17) is 0 Å². The van der Waals surface area contributed by atoms with Gasteiger partial charge in [0.15, 0.2) is 0 Å². The predicted octanol–water partition coefficient (Wildman–Crippen LogP) is 4.08. The van der Waals surface area contributed by atoms with E-state index in [0.717, 1.165) is 5.56 Å². The van der Waals surface area contributed by atoms with Crippen LogP contribution in [0.1, 0.15) is 11.1 Å². The van der Waals surface area contributed by atoms with Gasteiger partial charge < -0.3 is 10.6 Å². The Balaban J connectivity index is 1.47. The lowest BCUT2D eigenvalue weighted by Crippen LogP contribution is -2.36. The fraction of sp³-hybridized carbons (Fsp3) is 0.167. The maximum Gasteiger partial charge on any atom is 0.315 e. The number of hydrogen-bond donors (Lipinski definition) is 2. The van der Waals surface area contributed by atoms with E-state index in [1.54, 1.807) is 29.5 Å². The third kappa shape index (κ3) is 3.87. The van der Waals surface area contributed by atoms with Gasteiger partial charge in [0.2, 0.25) is 0 Å². The molecular formula is C18H17FN2OS. The second-order valence-electron chi connectivity index (χ2n) is 5.21. The highest BCUT2D eigenvalue weighted by atomic mass is 32.1. The number of carbonyl (C=O) groups is 1. The quantitative estimate of drug-likeness (QED) is 0.728. The van der Waals surface area contributed by atoms with Crippen LogP contribution in [0.15, 0.2) is 53.9 Å². The van der Waals surface area contributed by atoms with Crippen LogP contribution >= 0.6 is 11.3 Å². The number of hydrogen-bond acceptors (Lipinski definition) is 2. The van der Waals surface area contributed by atoms with Crippen molar-refractivity contribution in [2.24, 2.45) is 0 Å². The van der Waals surface area contributed by atoms with Crippen LogP contribution in [0.5, 0.6) is 0 Å². The van der Waals surface area contributed by atoms with E-state index < -0.39 is 0 Å². The van der Waals surface area contributed by atoms with Crippen LogP contribution in [0.2, 0.25) is 0 Å². The van der Waals surface area contributed by atoms with Crippen molar-refractivity contribution >= 4 is 27.5 Å². The zero-order chi connectivity index (χ0) is 16.1. The summed E-state index contributed by atoms with van der Waals surface area (Å²) in [6.07, 6.45) is 0.474. The molecule has 3 rings (SSSR count). The Morgan fingerprint density at radius 3 is 2.65 bits per heavy atom. The van der Waals surface area contributed by atoms with Gasteiger partial charge in [0.25, 0.3) is 0 Å². The molecule has 2 amide bonds. The Bertz CT molecular complexity index is 815. The van der Waals surface area contributed by atoms with E-state index in [9.17, 15) is 9.18 Å². The summed E-state index contributed by atoms with van der Waals surface area (Å²) in [6, 6.07) is 14.5. The smallest absolute Gasteiger partial charge is 0.315 e. The number of fused-ring (bicyclic) bond motifs is 1. The summed E-state index contributed by atoms with van der Waals surface area (Å²) in [7, 11) is 0. The minimum absolute atomic E-state index is 0.237. The minimum atomic E-state index is -0.239. The molecule has 23 heavy (non-hydrogen) atoms. The third-order valence-corrected chi connectivity index (χ3v) is 4.65. The van der Waals surface area contributed by atoms with Crippen LogP contribution in [-0.4, -0.2) is 12.6 Å². The van der Waals surface area contributed by atoms with E-state index in [0.29, 0.717) is 25.1 Å². The third-order valence-electron chi connectivity index (χ3n) is 3.64. The van der Waals surface area contributed by atoms with Gasteiger partial charge >= 0.3 is 6.03 Å². The Hall–Kier alpha value is -2.40. The number of halogens is 1.